The van der Waals surface area contributed by atoms with Gasteiger partial charge in [0.05, 0.1) is 6.54 Å². The average Bonchev–Trinajstić information content (AvgIpc) is 2.87. The van der Waals surface area contributed by atoms with Crippen LogP contribution in [0.2, 0.25) is 5.02 Å². The fourth-order valence-corrected chi connectivity index (χ4v) is 4.63. The number of rotatable bonds is 3. The van der Waals surface area contributed by atoms with Crippen molar-refractivity contribution in [2.45, 2.75) is 25.5 Å². The quantitative estimate of drug-likeness (QED) is 0.604. The normalized spacial score (nSPS) is 22.3. The van der Waals surface area contributed by atoms with Gasteiger partial charge in [0.1, 0.15) is 17.9 Å². The van der Waals surface area contributed by atoms with Gasteiger partial charge in [-0.25, -0.2) is 9.97 Å². The molecule has 3 aromatic rings. The summed E-state index contributed by atoms with van der Waals surface area (Å²) in [6.07, 6.45) is -0.833. The first-order chi connectivity index (χ1) is 14.5. The van der Waals surface area contributed by atoms with Crippen molar-refractivity contribution < 1.29 is 14.3 Å². The highest BCUT2D eigenvalue weighted by molar-refractivity contribution is 6.30. The van der Waals surface area contributed by atoms with Gasteiger partial charge in [-0.15, -0.1) is 0 Å². The maximum absolute atomic E-state index is 13.3. The third kappa shape index (κ3) is 2.75. The predicted molar refractivity (Wildman–Crippen MR) is 112 cm³/mol. The van der Waals surface area contributed by atoms with E-state index in [1.165, 1.54) is 0 Å². The van der Waals surface area contributed by atoms with E-state index >= 15 is 0 Å². The molecule has 30 heavy (non-hydrogen) atoms. The summed E-state index contributed by atoms with van der Waals surface area (Å²) >= 11 is 6.38. The van der Waals surface area contributed by atoms with Gasteiger partial charge in [0.2, 0.25) is 6.10 Å². The third-order valence-electron chi connectivity index (χ3n) is 5.62. The van der Waals surface area contributed by atoms with Gasteiger partial charge in [0.15, 0.2) is 0 Å². The molecule has 2 unspecified atom stereocenters. The van der Waals surface area contributed by atoms with E-state index in [0.29, 0.717) is 23.9 Å². The van der Waals surface area contributed by atoms with Crippen LogP contribution in [0.25, 0.3) is 0 Å². The van der Waals surface area contributed by atoms with E-state index in [-0.39, 0.29) is 11.9 Å². The molecule has 2 aromatic carbocycles. The van der Waals surface area contributed by atoms with E-state index in [0.717, 1.165) is 22.5 Å². The molecule has 2 aliphatic rings. The molecule has 0 N–H and O–H groups in total. The summed E-state index contributed by atoms with van der Waals surface area (Å²) in [6.45, 7) is 4.57. The maximum atomic E-state index is 13.3. The van der Waals surface area contributed by atoms with Gasteiger partial charge in [0.25, 0.3) is 5.91 Å². The molecule has 3 heterocycles. The van der Waals surface area contributed by atoms with Crippen LogP contribution in [0.3, 0.4) is 0 Å². The molecule has 1 aromatic heterocycles. The van der Waals surface area contributed by atoms with Gasteiger partial charge in [-0.1, -0.05) is 41.9 Å². The Morgan fingerprint density at radius 2 is 1.83 bits per heavy atom. The molecule has 1 saturated heterocycles. The van der Waals surface area contributed by atoms with Gasteiger partial charge in [0, 0.05) is 22.0 Å². The van der Waals surface area contributed by atoms with E-state index in [1.54, 1.807) is 11.0 Å². The molecule has 152 valence electrons. The van der Waals surface area contributed by atoms with E-state index in [1.807, 2.05) is 62.4 Å². The smallest absolute Gasteiger partial charge is 0.317 e. The van der Waals surface area contributed by atoms with Crippen LogP contribution in [0.4, 0.5) is 0 Å². The Morgan fingerprint density at radius 3 is 2.57 bits per heavy atom. The molecule has 0 bridgehead atoms. The molecule has 7 heteroatoms. The number of β-lactam (4-membered cyclic amide) rings is 1. The number of carbonyl (C=O) groups excluding carboxylic acids is 1. The number of hydrogen-bond acceptors (Lipinski definition) is 5. The highest BCUT2D eigenvalue weighted by Crippen LogP contribution is 2.52. The van der Waals surface area contributed by atoms with Crippen molar-refractivity contribution in [3.8, 4) is 11.8 Å². The SMILES string of the molecule is Cc1cc(C)nc(OC2C(=O)N3CCOc4ccc(Cl)cc4C23c2ccccc2)n1. The van der Waals surface area contributed by atoms with Crippen LogP contribution in [-0.2, 0) is 10.3 Å². The van der Waals surface area contributed by atoms with E-state index < -0.39 is 11.6 Å². The van der Waals surface area contributed by atoms with Crippen LogP contribution in [0.1, 0.15) is 22.5 Å². The van der Waals surface area contributed by atoms with E-state index in [4.69, 9.17) is 21.1 Å². The average molecular weight is 422 g/mol. The monoisotopic (exact) mass is 421 g/mol. The Labute approximate surface area is 179 Å². The topological polar surface area (TPSA) is 64.5 Å². The molecule has 1 amide bonds. The number of amides is 1. The van der Waals surface area contributed by atoms with Crippen LogP contribution in [0.5, 0.6) is 11.8 Å². The first kappa shape index (κ1) is 18.9. The predicted octanol–water partition coefficient (Wildman–Crippen LogP) is 3.67. The fourth-order valence-electron chi connectivity index (χ4n) is 4.46. The lowest BCUT2D eigenvalue weighted by Gasteiger charge is -2.55. The molecule has 5 rings (SSSR count). The molecular formula is C23H20ClN3O3. The summed E-state index contributed by atoms with van der Waals surface area (Å²) in [4.78, 5) is 23.8. The molecule has 1 fully saturated rings. The minimum atomic E-state index is -0.879. The molecule has 0 saturated carbocycles. The van der Waals surface area contributed by atoms with Crippen molar-refractivity contribution in [1.82, 2.24) is 14.9 Å². The minimum absolute atomic E-state index is 0.127. The number of aromatic nitrogens is 2. The number of hydrogen-bond donors (Lipinski definition) is 0. The number of aryl methyl sites for hydroxylation is 2. The van der Waals surface area contributed by atoms with Crippen LogP contribution < -0.4 is 9.47 Å². The lowest BCUT2D eigenvalue weighted by Crippen LogP contribution is -2.74. The van der Waals surface area contributed by atoms with Gasteiger partial charge in [-0.2, -0.15) is 0 Å². The molecule has 6 nitrogen and oxygen atoms in total. The first-order valence-corrected chi connectivity index (χ1v) is 10.2. The van der Waals surface area contributed by atoms with Crippen LogP contribution in [0.15, 0.2) is 54.6 Å². The summed E-state index contributed by atoms with van der Waals surface area (Å²) in [6, 6.07) is 17.4. The summed E-state index contributed by atoms with van der Waals surface area (Å²) in [5.74, 6) is 0.561. The lowest BCUT2D eigenvalue weighted by atomic mass is 9.69. The number of carbonyl (C=O) groups is 1. The zero-order valence-electron chi connectivity index (χ0n) is 16.6. The summed E-state index contributed by atoms with van der Waals surface area (Å²) in [5, 5.41) is 0.565. The number of halogens is 1. The van der Waals surface area contributed by atoms with Crippen molar-refractivity contribution in [2.75, 3.05) is 13.2 Å². The third-order valence-corrected chi connectivity index (χ3v) is 5.85. The summed E-state index contributed by atoms with van der Waals surface area (Å²) < 4.78 is 12.2. The summed E-state index contributed by atoms with van der Waals surface area (Å²) in [7, 11) is 0. The number of benzene rings is 2. The second kappa shape index (κ2) is 6.99. The fraction of sp³-hybridized carbons (Fsp3) is 0.261. The van der Waals surface area contributed by atoms with E-state index in [9.17, 15) is 4.79 Å². The Hall–Kier alpha value is -3.12. The zero-order chi connectivity index (χ0) is 20.9. The van der Waals surface area contributed by atoms with Crippen LogP contribution >= 0.6 is 11.6 Å². The van der Waals surface area contributed by atoms with Crippen molar-refractivity contribution in [3.05, 3.63) is 82.1 Å². The Balaban J connectivity index is 1.72. The van der Waals surface area contributed by atoms with Gasteiger partial charge in [-0.05, 0) is 43.7 Å². The van der Waals surface area contributed by atoms with Crippen LogP contribution in [-0.4, -0.2) is 40.0 Å². The Kier molecular flexibility index (Phi) is 4.40. The molecule has 0 radical (unpaired) electrons. The summed E-state index contributed by atoms with van der Waals surface area (Å²) in [5.41, 5.74) is 2.40. The van der Waals surface area contributed by atoms with Crippen molar-refractivity contribution in [3.63, 3.8) is 0 Å². The maximum Gasteiger partial charge on any atom is 0.317 e. The molecule has 0 spiro atoms. The van der Waals surface area contributed by atoms with Crippen LogP contribution in [0, 0.1) is 13.8 Å². The number of ether oxygens (including phenoxy) is 2. The molecule has 0 aliphatic carbocycles. The van der Waals surface area contributed by atoms with Crippen molar-refractivity contribution in [2.24, 2.45) is 0 Å². The van der Waals surface area contributed by atoms with Crippen molar-refractivity contribution in [1.29, 1.82) is 0 Å². The minimum Gasteiger partial charge on any atom is -0.491 e. The van der Waals surface area contributed by atoms with Crippen molar-refractivity contribution >= 4 is 17.5 Å². The molecule has 2 atom stereocenters. The number of nitrogens with zero attached hydrogens (tertiary/aromatic N) is 3. The standard InChI is InChI=1S/C23H20ClN3O3/c1-14-12-15(2)26-22(25-14)30-20-21(28)27-10-11-29-19-9-8-17(24)13-18(19)23(20,27)16-6-4-3-5-7-16/h3-9,12-13,20H,10-11H2,1-2H3. The largest absolute Gasteiger partial charge is 0.491 e. The first-order valence-electron chi connectivity index (χ1n) is 9.79. The van der Waals surface area contributed by atoms with E-state index in [2.05, 4.69) is 9.97 Å². The van der Waals surface area contributed by atoms with Gasteiger partial charge < -0.3 is 14.4 Å². The van der Waals surface area contributed by atoms with Gasteiger partial charge >= 0.3 is 6.01 Å². The lowest BCUT2D eigenvalue weighted by molar-refractivity contribution is -0.177. The molecule has 2 aliphatic heterocycles. The highest BCUT2D eigenvalue weighted by atomic mass is 35.5. The molecular weight excluding hydrogens is 402 g/mol. The zero-order valence-corrected chi connectivity index (χ0v) is 17.4. The Bertz CT molecular complexity index is 1120. The highest BCUT2D eigenvalue weighted by Gasteiger charge is 2.66. The Morgan fingerprint density at radius 1 is 1.10 bits per heavy atom. The second-order valence-corrected chi connectivity index (χ2v) is 7.98. The van der Waals surface area contributed by atoms with Gasteiger partial charge in [-0.3, -0.25) is 4.79 Å². The number of fused-ring (bicyclic) bond motifs is 3. The second-order valence-electron chi connectivity index (χ2n) is 7.54.